The van der Waals surface area contributed by atoms with Crippen molar-refractivity contribution in [1.82, 2.24) is 4.90 Å². The Morgan fingerprint density at radius 1 is 1.47 bits per heavy atom. The van der Waals surface area contributed by atoms with Gasteiger partial charge in [0.15, 0.2) is 11.5 Å². The number of carboxylic acid groups (broad SMARTS) is 1. The molecular weight excluding hydrogens is 314 g/mol. The normalized spacial score (nSPS) is 21.8. The maximum atomic E-state index is 11.2. The zero-order valence-corrected chi connectivity index (χ0v) is 11.9. The minimum Gasteiger partial charge on any atom is -0.480 e. The first kappa shape index (κ1) is 12.7. The molecule has 5 nitrogen and oxygen atoms in total. The van der Waals surface area contributed by atoms with E-state index in [-0.39, 0.29) is 12.8 Å². The summed E-state index contributed by atoms with van der Waals surface area (Å²) < 4.78 is 11.6. The van der Waals surface area contributed by atoms with Crippen molar-refractivity contribution < 1.29 is 19.4 Å². The van der Waals surface area contributed by atoms with Crippen LogP contribution in [-0.4, -0.2) is 35.4 Å². The van der Waals surface area contributed by atoms with Crippen molar-refractivity contribution in [3.63, 3.8) is 0 Å². The minimum atomic E-state index is -0.739. The number of nitrogens with zero attached hydrogens (tertiary/aromatic N) is 1. The maximum absolute atomic E-state index is 11.2. The molecule has 1 fully saturated rings. The summed E-state index contributed by atoms with van der Waals surface area (Å²) in [5.41, 5.74) is 1.03. The van der Waals surface area contributed by atoms with E-state index in [0.717, 1.165) is 40.9 Å². The Kier molecular flexibility index (Phi) is 3.36. The fraction of sp³-hybridized carbons (Fsp3) is 0.462. The lowest BCUT2D eigenvalue weighted by atomic mass is 10.1. The molecular formula is C13H14BrNO4. The molecule has 0 saturated carbocycles. The van der Waals surface area contributed by atoms with Crippen LogP contribution in [-0.2, 0) is 11.3 Å². The highest BCUT2D eigenvalue weighted by Crippen LogP contribution is 2.40. The van der Waals surface area contributed by atoms with E-state index in [2.05, 4.69) is 15.9 Å². The van der Waals surface area contributed by atoms with Crippen LogP contribution in [0, 0.1) is 0 Å². The van der Waals surface area contributed by atoms with Crippen LogP contribution in [0.25, 0.3) is 0 Å². The lowest BCUT2D eigenvalue weighted by molar-refractivity contribution is -0.142. The van der Waals surface area contributed by atoms with Gasteiger partial charge in [0, 0.05) is 6.54 Å². The van der Waals surface area contributed by atoms with E-state index in [1.165, 1.54) is 0 Å². The summed E-state index contributed by atoms with van der Waals surface area (Å²) in [6.45, 7) is 1.67. The molecule has 2 heterocycles. The van der Waals surface area contributed by atoms with E-state index in [9.17, 15) is 9.90 Å². The van der Waals surface area contributed by atoms with E-state index in [4.69, 9.17) is 9.47 Å². The van der Waals surface area contributed by atoms with Crippen LogP contribution >= 0.6 is 15.9 Å². The molecule has 6 heteroatoms. The molecule has 0 aliphatic carbocycles. The molecule has 1 aromatic carbocycles. The Morgan fingerprint density at radius 3 is 3.11 bits per heavy atom. The summed E-state index contributed by atoms with van der Waals surface area (Å²) in [5.74, 6) is 0.702. The highest BCUT2D eigenvalue weighted by Gasteiger charge is 2.30. The van der Waals surface area contributed by atoms with Crippen molar-refractivity contribution in [2.24, 2.45) is 0 Å². The monoisotopic (exact) mass is 327 g/mol. The SMILES string of the molecule is O=C(O)[C@H]1CCCN1Cc1cc(Br)c2c(c1)OCO2. The highest BCUT2D eigenvalue weighted by molar-refractivity contribution is 9.10. The molecule has 102 valence electrons. The number of aliphatic carboxylic acids is 1. The van der Waals surface area contributed by atoms with Crippen LogP contribution in [0.5, 0.6) is 11.5 Å². The Morgan fingerprint density at radius 2 is 2.32 bits per heavy atom. The van der Waals surface area contributed by atoms with Crippen molar-refractivity contribution in [2.75, 3.05) is 13.3 Å². The summed E-state index contributed by atoms with van der Waals surface area (Å²) in [7, 11) is 0. The number of hydrogen-bond donors (Lipinski definition) is 1. The van der Waals surface area contributed by atoms with Crippen LogP contribution in [0.15, 0.2) is 16.6 Å². The van der Waals surface area contributed by atoms with Crippen molar-refractivity contribution in [3.8, 4) is 11.5 Å². The Balaban J connectivity index is 1.80. The molecule has 1 saturated heterocycles. The minimum absolute atomic E-state index is 0.235. The molecule has 2 aliphatic heterocycles. The van der Waals surface area contributed by atoms with E-state index in [1.54, 1.807) is 0 Å². The predicted molar refractivity (Wildman–Crippen MR) is 71.3 cm³/mol. The van der Waals surface area contributed by atoms with Gasteiger partial charge in [-0.1, -0.05) is 0 Å². The molecule has 1 atom stereocenters. The number of likely N-dealkylation sites (tertiary alicyclic amines) is 1. The van der Waals surface area contributed by atoms with Crippen molar-refractivity contribution in [3.05, 3.63) is 22.2 Å². The number of fused-ring (bicyclic) bond motifs is 1. The second-order valence-corrected chi connectivity index (χ2v) is 5.63. The first-order chi connectivity index (χ1) is 9.15. The van der Waals surface area contributed by atoms with Crippen LogP contribution in [0.4, 0.5) is 0 Å². The molecule has 0 radical (unpaired) electrons. The number of rotatable bonds is 3. The average molecular weight is 328 g/mol. The zero-order valence-electron chi connectivity index (χ0n) is 10.3. The van der Waals surface area contributed by atoms with Crippen LogP contribution in [0.1, 0.15) is 18.4 Å². The van der Waals surface area contributed by atoms with Crippen molar-refractivity contribution in [2.45, 2.75) is 25.4 Å². The molecule has 1 N–H and O–H groups in total. The first-order valence-corrected chi connectivity index (χ1v) is 6.99. The van der Waals surface area contributed by atoms with Crippen molar-refractivity contribution in [1.29, 1.82) is 0 Å². The van der Waals surface area contributed by atoms with E-state index < -0.39 is 5.97 Å². The first-order valence-electron chi connectivity index (χ1n) is 6.20. The largest absolute Gasteiger partial charge is 0.480 e. The fourth-order valence-corrected chi connectivity index (χ4v) is 3.25. The van der Waals surface area contributed by atoms with Gasteiger partial charge in [-0.25, -0.2) is 0 Å². The maximum Gasteiger partial charge on any atom is 0.320 e. The van der Waals surface area contributed by atoms with E-state index in [1.807, 2.05) is 17.0 Å². The van der Waals surface area contributed by atoms with Crippen LogP contribution in [0.3, 0.4) is 0 Å². The smallest absolute Gasteiger partial charge is 0.320 e. The summed E-state index contributed by atoms with van der Waals surface area (Å²) in [6, 6.07) is 3.51. The van der Waals surface area contributed by atoms with Gasteiger partial charge in [-0.2, -0.15) is 0 Å². The van der Waals surface area contributed by atoms with Gasteiger partial charge in [-0.15, -0.1) is 0 Å². The molecule has 0 amide bonds. The second-order valence-electron chi connectivity index (χ2n) is 4.78. The van der Waals surface area contributed by atoms with Gasteiger partial charge in [0.1, 0.15) is 6.04 Å². The second kappa shape index (κ2) is 5.02. The molecule has 0 aromatic heterocycles. The Hall–Kier alpha value is -1.27. The van der Waals surface area contributed by atoms with E-state index in [0.29, 0.717) is 6.54 Å². The quantitative estimate of drug-likeness (QED) is 0.922. The summed E-state index contributed by atoms with van der Waals surface area (Å²) in [6.07, 6.45) is 1.66. The van der Waals surface area contributed by atoms with Gasteiger partial charge in [-0.3, -0.25) is 9.69 Å². The van der Waals surface area contributed by atoms with Gasteiger partial charge in [0.05, 0.1) is 4.47 Å². The molecule has 0 spiro atoms. The van der Waals surface area contributed by atoms with Gasteiger partial charge >= 0.3 is 5.97 Å². The zero-order chi connectivity index (χ0) is 13.4. The van der Waals surface area contributed by atoms with E-state index >= 15 is 0 Å². The molecule has 0 unspecified atom stereocenters. The highest BCUT2D eigenvalue weighted by atomic mass is 79.9. The third-order valence-electron chi connectivity index (χ3n) is 3.52. The standard InChI is InChI=1S/C13H14BrNO4/c14-9-4-8(5-11-12(9)19-7-18-11)6-15-3-1-2-10(15)13(16)17/h4-5,10H,1-3,6-7H2,(H,16,17)/t10-/m1/s1. The Bertz CT molecular complexity index is 520. The number of carboxylic acids is 1. The predicted octanol–water partition coefficient (Wildman–Crippen LogP) is 2.23. The van der Waals surface area contributed by atoms with Gasteiger partial charge in [-0.05, 0) is 53.0 Å². The lowest BCUT2D eigenvalue weighted by Gasteiger charge is -2.21. The average Bonchev–Trinajstić information content (AvgIpc) is 2.97. The summed E-state index contributed by atoms with van der Waals surface area (Å²) in [4.78, 5) is 13.2. The number of ether oxygens (including phenoxy) is 2. The summed E-state index contributed by atoms with van der Waals surface area (Å²) in [5, 5.41) is 9.18. The van der Waals surface area contributed by atoms with Gasteiger partial charge in [0.25, 0.3) is 0 Å². The number of halogens is 1. The molecule has 0 bridgehead atoms. The van der Waals surface area contributed by atoms with Crippen molar-refractivity contribution >= 4 is 21.9 Å². The molecule has 2 aliphatic rings. The lowest BCUT2D eigenvalue weighted by Crippen LogP contribution is -2.35. The fourth-order valence-electron chi connectivity index (χ4n) is 2.64. The van der Waals surface area contributed by atoms with Gasteiger partial charge in [0.2, 0.25) is 6.79 Å². The van der Waals surface area contributed by atoms with Crippen LogP contribution < -0.4 is 9.47 Å². The molecule has 3 rings (SSSR count). The number of carbonyl (C=O) groups is 1. The third kappa shape index (κ3) is 2.42. The third-order valence-corrected chi connectivity index (χ3v) is 4.11. The number of hydrogen-bond acceptors (Lipinski definition) is 4. The molecule has 19 heavy (non-hydrogen) atoms. The van der Waals surface area contributed by atoms with Crippen LogP contribution in [0.2, 0.25) is 0 Å². The summed E-state index contributed by atoms with van der Waals surface area (Å²) >= 11 is 3.45. The topological polar surface area (TPSA) is 59.0 Å². The molecule has 1 aromatic rings. The number of benzene rings is 1. The Labute approximate surface area is 119 Å². The van der Waals surface area contributed by atoms with Gasteiger partial charge < -0.3 is 14.6 Å².